The summed E-state index contributed by atoms with van der Waals surface area (Å²) in [5.74, 6) is 0. The number of pyridine rings is 1. The molecule has 4 aromatic rings. The van der Waals surface area contributed by atoms with E-state index >= 15 is 0 Å². The Labute approximate surface area is 162 Å². The molecule has 0 saturated heterocycles. The number of oxazole rings is 1. The van der Waals surface area contributed by atoms with Crippen molar-refractivity contribution in [3.63, 3.8) is 0 Å². The van der Waals surface area contributed by atoms with Crippen molar-refractivity contribution in [3.8, 4) is 0 Å². The second-order valence-corrected chi connectivity index (χ2v) is 7.07. The molecule has 134 valence electrons. The second kappa shape index (κ2) is 7.26. The van der Waals surface area contributed by atoms with E-state index in [4.69, 9.17) is 16.0 Å². The summed E-state index contributed by atoms with van der Waals surface area (Å²) in [5.41, 5.74) is 0.926. The molecule has 9 heteroatoms. The fourth-order valence-electron chi connectivity index (χ4n) is 2.44. The summed E-state index contributed by atoms with van der Waals surface area (Å²) in [6, 6.07) is 14.5. The molecule has 0 fully saturated rings. The first-order chi connectivity index (χ1) is 13.1. The van der Waals surface area contributed by atoms with E-state index in [0.717, 1.165) is 15.5 Å². The van der Waals surface area contributed by atoms with Crippen LogP contribution in [-0.4, -0.2) is 14.9 Å². The number of fused-ring (bicyclic) bond motifs is 1. The molecule has 0 aliphatic carbocycles. The van der Waals surface area contributed by atoms with Gasteiger partial charge in [0.15, 0.2) is 0 Å². The first-order valence-electron chi connectivity index (χ1n) is 7.78. The Bertz CT molecular complexity index is 1120. The molecule has 0 amide bonds. The summed E-state index contributed by atoms with van der Waals surface area (Å²) in [4.78, 5) is 21.0. The third-order valence-corrected chi connectivity index (χ3v) is 4.86. The van der Waals surface area contributed by atoms with Gasteiger partial charge in [0, 0.05) is 39.0 Å². The molecular formula is C18H11ClN4O3S. The van der Waals surface area contributed by atoms with Crippen LogP contribution >= 0.6 is 23.4 Å². The zero-order chi connectivity index (χ0) is 18.8. The summed E-state index contributed by atoms with van der Waals surface area (Å²) < 4.78 is 5.51. The molecular weight excluding hydrogens is 388 g/mol. The minimum absolute atomic E-state index is 0.0803. The van der Waals surface area contributed by atoms with Crippen LogP contribution in [0.25, 0.3) is 11.1 Å². The summed E-state index contributed by atoms with van der Waals surface area (Å²) in [7, 11) is 0. The van der Waals surface area contributed by atoms with Gasteiger partial charge in [-0.3, -0.25) is 15.1 Å². The summed E-state index contributed by atoms with van der Waals surface area (Å²) in [5, 5.41) is 14.4. The molecule has 27 heavy (non-hydrogen) atoms. The van der Waals surface area contributed by atoms with Crippen molar-refractivity contribution in [2.45, 2.75) is 9.79 Å². The van der Waals surface area contributed by atoms with Crippen LogP contribution in [0.5, 0.6) is 0 Å². The van der Waals surface area contributed by atoms with Gasteiger partial charge in [-0.2, -0.15) is 4.98 Å². The van der Waals surface area contributed by atoms with Crippen LogP contribution in [0, 0.1) is 10.1 Å². The predicted octanol–water partition coefficient (Wildman–Crippen LogP) is 5.68. The van der Waals surface area contributed by atoms with E-state index in [2.05, 4.69) is 15.3 Å². The van der Waals surface area contributed by atoms with Crippen LogP contribution in [0.1, 0.15) is 0 Å². The lowest BCUT2D eigenvalue weighted by atomic mass is 10.3. The smallest absolute Gasteiger partial charge is 0.315 e. The first kappa shape index (κ1) is 17.3. The first-order valence-corrected chi connectivity index (χ1v) is 8.97. The number of hydrogen-bond acceptors (Lipinski definition) is 7. The molecule has 4 rings (SSSR count). The molecule has 2 aromatic carbocycles. The lowest BCUT2D eigenvalue weighted by Gasteiger charge is -2.04. The van der Waals surface area contributed by atoms with Gasteiger partial charge in [-0.05, 0) is 42.5 Å². The highest BCUT2D eigenvalue weighted by Gasteiger charge is 2.19. The summed E-state index contributed by atoms with van der Waals surface area (Å²) >= 11 is 7.53. The van der Waals surface area contributed by atoms with E-state index in [9.17, 15) is 10.1 Å². The van der Waals surface area contributed by atoms with E-state index in [-0.39, 0.29) is 22.3 Å². The van der Waals surface area contributed by atoms with Crippen molar-refractivity contribution >= 4 is 51.9 Å². The number of nitrogens with zero attached hydrogens (tertiary/aromatic N) is 3. The maximum atomic E-state index is 11.2. The number of aromatic nitrogens is 2. The molecule has 0 aliphatic heterocycles. The lowest BCUT2D eigenvalue weighted by Crippen LogP contribution is -1.89. The number of benzene rings is 2. The molecule has 1 N–H and O–H groups in total. The Hall–Kier alpha value is -3.10. The van der Waals surface area contributed by atoms with Crippen molar-refractivity contribution in [3.05, 3.63) is 76.1 Å². The number of halogens is 1. The van der Waals surface area contributed by atoms with Crippen molar-refractivity contribution in [1.82, 2.24) is 9.97 Å². The number of anilines is 2. The molecule has 0 saturated carbocycles. The van der Waals surface area contributed by atoms with Gasteiger partial charge in [0.25, 0.3) is 0 Å². The standard InChI is InChI=1S/C18H11ClN4O3S/c19-11-9-15-17(16(10-11)23(24)25)26-18(22-15)21-12-1-3-13(4-2-12)27-14-5-7-20-8-6-14/h1-10H,(H,21,22). The van der Waals surface area contributed by atoms with Gasteiger partial charge in [-0.15, -0.1) is 0 Å². The van der Waals surface area contributed by atoms with E-state index in [1.807, 2.05) is 36.4 Å². The summed E-state index contributed by atoms with van der Waals surface area (Å²) in [6.07, 6.45) is 3.49. The van der Waals surface area contributed by atoms with Crippen molar-refractivity contribution in [1.29, 1.82) is 0 Å². The lowest BCUT2D eigenvalue weighted by molar-refractivity contribution is -0.383. The molecule has 0 bridgehead atoms. The van der Waals surface area contributed by atoms with Crippen molar-refractivity contribution in [2.24, 2.45) is 0 Å². The SMILES string of the molecule is O=[N+]([O-])c1cc(Cl)cc2nc(Nc3ccc(Sc4ccncc4)cc3)oc12. The molecule has 0 aliphatic rings. The fourth-order valence-corrected chi connectivity index (χ4v) is 3.45. The number of nitro benzene ring substituents is 1. The number of non-ortho nitro benzene ring substituents is 1. The van der Waals surface area contributed by atoms with Crippen LogP contribution in [0.3, 0.4) is 0 Å². The van der Waals surface area contributed by atoms with Gasteiger partial charge in [-0.1, -0.05) is 23.4 Å². The average Bonchev–Trinajstić information content (AvgIpc) is 3.05. The Morgan fingerprint density at radius 3 is 2.48 bits per heavy atom. The maximum Gasteiger partial charge on any atom is 0.315 e. The van der Waals surface area contributed by atoms with Crippen LogP contribution in [0.15, 0.2) is 75.1 Å². The third-order valence-electron chi connectivity index (χ3n) is 3.62. The van der Waals surface area contributed by atoms with Gasteiger partial charge < -0.3 is 9.73 Å². The quantitative estimate of drug-likeness (QED) is 0.341. The molecule has 0 spiro atoms. The monoisotopic (exact) mass is 398 g/mol. The van der Waals surface area contributed by atoms with Crippen LogP contribution in [0.2, 0.25) is 5.02 Å². The largest absolute Gasteiger partial charge is 0.416 e. The third kappa shape index (κ3) is 3.86. The van der Waals surface area contributed by atoms with E-state index in [1.165, 1.54) is 12.1 Å². The zero-order valence-corrected chi connectivity index (χ0v) is 15.2. The van der Waals surface area contributed by atoms with Gasteiger partial charge in [0.05, 0.1) is 4.92 Å². The van der Waals surface area contributed by atoms with Crippen LogP contribution in [-0.2, 0) is 0 Å². The van der Waals surface area contributed by atoms with Gasteiger partial charge in [0.1, 0.15) is 5.52 Å². The molecule has 7 nitrogen and oxygen atoms in total. The predicted molar refractivity (Wildman–Crippen MR) is 104 cm³/mol. The zero-order valence-electron chi connectivity index (χ0n) is 13.6. The second-order valence-electron chi connectivity index (χ2n) is 5.48. The average molecular weight is 399 g/mol. The Kier molecular flexibility index (Phi) is 4.66. The normalized spacial score (nSPS) is 10.9. The van der Waals surface area contributed by atoms with E-state index in [0.29, 0.717) is 5.52 Å². The molecule has 2 aromatic heterocycles. The fraction of sp³-hybridized carbons (Fsp3) is 0. The highest BCUT2D eigenvalue weighted by molar-refractivity contribution is 7.99. The molecule has 0 atom stereocenters. The molecule has 0 radical (unpaired) electrons. The minimum atomic E-state index is -0.547. The number of rotatable bonds is 5. The van der Waals surface area contributed by atoms with E-state index in [1.54, 1.807) is 24.2 Å². The van der Waals surface area contributed by atoms with Crippen LogP contribution in [0.4, 0.5) is 17.4 Å². The topological polar surface area (TPSA) is 94.1 Å². The molecule has 0 unspecified atom stereocenters. The molecule has 2 heterocycles. The number of hydrogen-bond donors (Lipinski definition) is 1. The maximum absolute atomic E-state index is 11.2. The summed E-state index contributed by atoms with van der Waals surface area (Å²) in [6.45, 7) is 0. The van der Waals surface area contributed by atoms with Gasteiger partial charge in [-0.25, -0.2) is 0 Å². The minimum Gasteiger partial charge on any atom is -0.416 e. The number of nitro groups is 1. The highest BCUT2D eigenvalue weighted by atomic mass is 35.5. The Morgan fingerprint density at radius 2 is 1.78 bits per heavy atom. The Balaban J connectivity index is 1.55. The van der Waals surface area contributed by atoms with Crippen molar-refractivity contribution in [2.75, 3.05) is 5.32 Å². The highest BCUT2D eigenvalue weighted by Crippen LogP contribution is 2.33. The van der Waals surface area contributed by atoms with Gasteiger partial charge >= 0.3 is 11.7 Å². The van der Waals surface area contributed by atoms with Gasteiger partial charge in [0.2, 0.25) is 5.58 Å². The van der Waals surface area contributed by atoms with Crippen molar-refractivity contribution < 1.29 is 9.34 Å². The Morgan fingerprint density at radius 1 is 1.07 bits per heavy atom. The van der Waals surface area contributed by atoms with E-state index < -0.39 is 4.92 Å². The van der Waals surface area contributed by atoms with Crippen LogP contribution < -0.4 is 5.32 Å². The number of nitrogens with one attached hydrogen (secondary N) is 1.